The predicted molar refractivity (Wildman–Crippen MR) is 123 cm³/mol. The molecule has 0 bridgehead atoms. The topological polar surface area (TPSA) is 71.6 Å². The Morgan fingerprint density at radius 2 is 1.53 bits per heavy atom. The van der Waals surface area contributed by atoms with Gasteiger partial charge in [0, 0.05) is 6.54 Å². The van der Waals surface area contributed by atoms with Crippen molar-refractivity contribution >= 4 is 34.0 Å². The van der Waals surface area contributed by atoms with E-state index in [2.05, 4.69) is 16.2 Å². The van der Waals surface area contributed by atoms with Crippen LogP contribution in [0.15, 0.2) is 60.7 Å². The standard InChI is InChI=1S/C23H25N3O3S/c1-15(17-6-7-19-13-21(29-3)11-8-18(19)12-17)22(27)25-26-23(30)24-14-16-4-9-20(28-2)10-5-16/h4-13,15H,14H2,1-3H3,(H,25,27)(H2,24,26,30)/t15-/m0/s1. The Morgan fingerprint density at radius 3 is 2.23 bits per heavy atom. The van der Waals surface area contributed by atoms with Gasteiger partial charge in [0.15, 0.2) is 5.11 Å². The lowest BCUT2D eigenvalue weighted by molar-refractivity contribution is -0.122. The van der Waals surface area contributed by atoms with Crippen LogP contribution in [0.25, 0.3) is 10.8 Å². The van der Waals surface area contributed by atoms with Crippen molar-refractivity contribution in [3.63, 3.8) is 0 Å². The molecule has 0 aromatic heterocycles. The number of amides is 1. The van der Waals surface area contributed by atoms with Gasteiger partial charge in [-0.05, 0) is 65.3 Å². The molecule has 0 aliphatic carbocycles. The summed E-state index contributed by atoms with van der Waals surface area (Å²) in [5.74, 6) is 1.10. The molecule has 156 valence electrons. The van der Waals surface area contributed by atoms with Gasteiger partial charge in [-0.1, -0.05) is 36.4 Å². The van der Waals surface area contributed by atoms with Crippen LogP contribution in [0.2, 0.25) is 0 Å². The SMILES string of the molecule is COc1ccc(CNC(=S)NNC(=O)[C@@H](C)c2ccc3cc(OC)ccc3c2)cc1. The molecule has 0 unspecified atom stereocenters. The van der Waals surface area contributed by atoms with Gasteiger partial charge in [0.2, 0.25) is 5.91 Å². The fourth-order valence-corrected chi connectivity index (χ4v) is 3.11. The van der Waals surface area contributed by atoms with E-state index in [9.17, 15) is 4.79 Å². The van der Waals surface area contributed by atoms with E-state index in [0.29, 0.717) is 11.7 Å². The minimum absolute atomic E-state index is 0.170. The number of hydrazine groups is 1. The van der Waals surface area contributed by atoms with E-state index in [1.54, 1.807) is 14.2 Å². The number of fused-ring (bicyclic) bond motifs is 1. The van der Waals surface area contributed by atoms with E-state index in [-0.39, 0.29) is 11.8 Å². The number of rotatable bonds is 6. The van der Waals surface area contributed by atoms with Crippen molar-refractivity contribution in [3.8, 4) is 11.5 Å². The number of benzene rings is 3. The zero-order valence-corrected chi connectivity index (χ0v) is 18.0. The van der Waals surface area contributed by atoms with E-state index >= 15 is 0 Å². The monoisotopic (exact) mass is 423 g/mol. The minimum atomic E-state index is -0.339. The molecule has 0 fully saturated rings. The van der Waals surface area contributed by atoms with Crippen LogP contribution in [-0.4, -0.2) is 25.2 Å². The number of carbonyl (C=O) groups is 1. The van der Waals surface area contributed by atoms with Gasteiger partial charge >= 0.3 is 0 Å². The maximum atomic E-state index is 12.5. The molecule has 0 aliphatic rings. The Balaban J connectivity index is 1.52. The lowest BCUT2D eigenvalue weighted by Crippen LogP contribution is -2.47. The molecular weight excluding hydrogens is 398 g/mol. The second-order valence-electron chi connectivity index (χ2n) is 6.84. The van der Waals surface area contributed by atoms with Gasteiger partial charge in [-0.3, -0.25) is 15.6 Å². The van der Waals surface area contributed by atoms with E-state index in [1.165, 1.54) is 0 Å². The molecule has 6 nitrogen and oxygen atoms in total. The maximum absolute atomic E-state index is 12.5. The summed E-state index contributed by atoms with van der Waals surface area (Å²) in [5, 5.41) is 5.52. The fraction of sp³-hybridized carbons (Fsp3) is 0.217. The number of carbonyl (C=O) groups excluding carboxylic acids is 1. The number of ether oxygens (including phenoxy) is 2. The van der Waals surface area contributed by atoms with Crippen LogP contribution in [-0.2, 0) is 11.3 Å². The Hall–Kier alpha value is -3.32. The number of thiocarbonyl (C=S) groups is 1. The summed E-state index contributed by atoms with van der Waals surface area (Å²) < 4.78 is 10.4. The van der Waals surface area contributed by atoms with Crippen LogP contribution in [0.4, 0.5) is 0 Å². The van der Waals surface area contributed by atoms with E-state index in [1.807, 2.05) is 67.6 Å². The molecule has 0 saturated carbocycles. The average Bonchev–Trinajstić information content (AvgIpc) is 2.80. The summed E-state index contributed by atoms with van der Waals surface area (Å²) in [7, 11) is 3.27. The van der Waals surface area contributed by atoms with Crippen LogP contribution in [0.5, 0.6) is 11.5 Å². The summed E-state index contributed by atoms with van der Waals surface area (Å²) in [4.78, 5) is 12.5. The van der Waals surface area contributed by atoms with Crippen molar-refractivity contribution in [1.82, 2.24) is 16.2 Å². The van der Waals surface area contributed by atoms with Crippen molar-refractivity contribution in [2.24, 2.45) is 0 Å². The maximum Gasteiger partial charge on any atom is 0.245 e. The van der Waals surface area contributed by atoms with Gasteiger partial charge in [-0.2, -0.15) is 0 Å². The molecular formula is C23H25N3O3S. The number of hydrogen-bond donors (Lipinski definition) is 3. The molecule has 3 N–H and O–H groups in total. The number of nitrogens with one attached hydrogen (secondary N) is 3. The van der Waals surface area contributed by atoms with Crippen molar-refractivity contribution in [2.45, 2.75) is 19.4 Å². The lowest BCUT2D eigenvalue weighted by atomic mass is 9.97. The van der Waals surface area contributed by atoms with Crippen molar-refractivity contribution in [3.05, 3.63) is 71.8 Å². The fourth-order valence-electron chi connectivity index (χ4n) is 2.99. The first-order valence-corrected chi connectivity index (χ1v) is 9.95. The van der Waals surface area contributed by atoms with Gasteiger partial charge in [-0.25, -0.2) is 0 Å². The highest BCUT2D eigenvalue weighted by molar-refractivity contribution is 7.80. The van der Waals surface area contributed by atoms with E-state index < -0.39 is 0 Å². The summed E-state index contributed by atoms with van der Waals surface area (Å²) in [6.45, 7) is 2.39. The molecule has 3 aromatic rings. The average molecular weight is 424 g/mol. The second-order valence-corrected chi connectivity index (χ2v) is 7.25. The highest BCUT2D eigenvalue weighted by Crippen LogP contribution is 2.25. The molecule has 3 aromatic carbocycles. The Kier molecular flexibility index (Phi) is 7.08. The summed E-state index contributed by atoms with van der Waals surface area (Å²) >= 11 is 5.24. The van der Waals surface area contributed by atoms with Crippen LogP contribution in [0.3, 0.4) is 0 Å². The molecule has 30 heavy (non-hydrogen) atoms. The largest absolute Gasteiger partial charge is 0.497 e. The van der Waals surface area contributed by atoms with Gasteiger partial charge in [0.1, 0.15) is 11.5 Å². The molecule has 0 heterocycles. The third kappa shape index (κ3) is 5.39. The van der Waals surface area contributed by atoms with Crippen molar-refractivity contribution in [2.75, 3.05) is 14.2 Å². The Labute approximate surface area is 181 Å². The predicted octanol–water partition coefficient (Wildman–Crippen LogP) is 3.66. The zero-order valence-electron chi connectivity index (χ0n) is 17.2. The molecule has 0 spiro atoms. The molecule has 1 amide bonds. The van der Waals surface area contributed by atoms with E-state index in [4.69, 9.17) is 21.7 Å². The molecule has 0 radical (unpaired) electrons. The second kappa shape index (κ2) is 9.93. The summed E-state index contributed by atoms with van der Waals surface area (Å²) in [6.07, 6.45) is 0. The van der Waals surface area contributed by atoms with Crippen LogP contribution in [0, 0.1) is 0 Å². The summed E-state index contributed by atoms with van der Waals surface area (Å²) in [5.41, 5.74) is 7.40. The molecule has 0 aliphatic heterocycles. The van der Waals surface area contributed by atoms with Gasteiger partial charge in [0.25, 0.3) is 0 Å². The minimum Gasteiger partial charge on any atom is -0.497 e. The quantitative estimate of drug-likeness (QED) is 0.415. The normalized spacial score (nSPS) is 11.4. The number of hydrogen-bond acceptors (Lipinski definition) is 4. The third-order valence-electron chi connectivity index (χ3n) is 4.88. The first-order valence-electron chi connectivity index (χ1n) is 9.54. The highest BCUT2D eigenvalue weighted by Gasteiger charge is 2.16. The molecule has 1 atom stereocenters. The summed E-state index contributed by atoms with van der Waals surface area (Å²) in [6, 6.07) is 19.5. The number of methoxy groups -OCH3 is 2. The van der Waals surface area contributed by atoms with E-state index in [0.717, 1.165) is 33.4 Å². The Morgan fingerprint density at radius 1 is 0.900 bits per heavy atom. The van der Waals surface area contributed by atoms with Gasteiger partial charge in [-0.15, -0.1) is 0 Å². The van der Waals surface area contributed by atoms with Crippen molar-refractivity contribution in [1.29, 1.82) is 0 Å². The van der Waals surface area contributed by atoms with Crippen LogP contribution >= 0.6 is 12.2 Å². The zero-order chi connectivity index (χ0) is 21.5. The highest BCUT2D eigenvalue weighted by atomic mass is 32.1. The smallest absolute Gasteiger partial charge is 0.245 e. The lowest BCUT2D eigenvalue weighted by Gasteiger charge is -2.16. The van der Waals surface area contributed by atoms with Crippen molar-refractivity contribution < 1.29 is 14.3 Å². The first-order chi connectivity index (χ1) is 14.5. The molecule has 0 saturated heterocycles. The first kappa shape index (κ1) is 21.4. The third-order valence-corrected chi connectivity index (χ3v) is 5.12. The van der Waals surface area contributed by atoms with Gasteiger partial charge < -0.3 is 14.8 Å². The van der Waals surface area contributed by atoms with Crippen LogP contribution < -0.4 is 25.6 Å². The molecule has 3 rings (SSSR count). The molecule has 7 heteroatoms. The Bertz CT molecular complexity index is 1040. The van der Waals surface area contributed by atoms with Gasteiger partial charge in [0.05, 0.1) is 20.1 Å². The van der Waals surface area contributed by atoms with Crippen LogP contribution in [0.1, 0.15) is 24.0 Å².